The van der Waals surface area contributed by atoms with E-state index in [-0.39, 0.29) is 0 Å². The van der Waals surface area contributed by atoms with Gasteiger partial charge in [-0.15, -0.1) is 0 Å². The predicted octanol–water partition coefficient (Wildman–Crippen LogP) is 2.21. The fraction of sp³-hybridized carbons (Fsp3) is 0.562. The molecule has 1 aromatic carbocycles. The van der Waals surface area contributed by atoms with Crippen LogP contribution in [-0.2, 0) is 16.6 Å². The number of Topliss-reactive ketones (excluding diaryl/α,β-unsaturated/α-hetero) is 1. The van der Waals surface area contributed by atoms with Crippen LogP contribution in [0.3, 0.4) is 0 Å². The molecule has 2 aliphatic carbocycles. The molecule has 0 spiro atoms. The molecule has 1 saturated heterocycles. The summed E-state index contributed by atoms with van der Waals surface area (Å²) in [5, 5.41) is 3.65. The number of benzene rings is 1. The van der Waals surface area contributed by atoms with Crippen LogP contribution in [0.5, 0.6) is 0 Å². The summed E-state index contributed by atoms with van der Waals surface area (Å²) in [5.41, 5.74) is 3.37. The van der Waals surface area contributed by atoms with Crippen LogP contribution in [0.4, 0.5) is 0 Å². The van der Waals surface area contributed by atoms with E-state index in [2.05, 4.69) is 29.6 Å². The third-order valence-corrected chi connectivity index (χ3v) is 5.46. The average molecular weight is 241 g/mol. The molecule has 1 saturated carbocycles. The van der Waals surface area contributed by atoms with E-state index in [1.807, 2.05) is 0 Å². The van der Waals surface area contributed by atoms with Crippen LogP contribution in [-0.4, -0.2) is 18.4 Å². The van der Waals surface area contributed by atoms with Gasteiger partial charge in [-0.05, 0) is 42.9 Å². The minimum Gasteiger partial charge on any atom is -0.313 e. The van der Waals surface area contributed by atoms with Crippen molar-refractivity contribution < 1.29 is 4.79 Å². The fourth-order valence-corrected chi connectivity index (χ4v) is 4.66. The van der Waals surface area contributed by atoms with Crippen molar-refractivity contribution in [3.05, 3.63) is 35.4 Å². The first-order valence-corrected chi connectivity index (χ1v) is 7.13. The van der Waals surface area contributed by atoms with E-state index in [0.717, 1.165) is 32.2 Å². The molecule has 3 atom stereocenters. The van der Waals surface area contributed by atoms with E-state index in [9.17, 15) is 4.79 Å². The maximum atomic E-state index is 11.8. The van der Waals surface area contributed by atoms with Crippen molar-refractivity contribution in [1.82, 2.24) is 5.32 Å². The molecule has 0 aromatic heterocycles. The Morgan fingerprint density at radius 2 is 2.06 bits per heavy atom. The van der Waals surface area contributed by atoms with Crippen molar-refractivity contribution in [1.29, 1.82) is 0 Å². The molecule has 2 fully saturated rings. The quantitative estimate of drug-likeness (QED) is 0.754. The van der Waals surface area contributed by atoms with E-state index < -0.39 is 0 Å². The molecule has 2 nitrogen and oxygen atoms in total. The summed E-state index contributed by atoms with van der Waals surface area (Å²) >= 11 is 0. The van der Waals surface area contributed by atoms with Crippen LogP contribution in [0, 0.1) is 5.92 Å². The molecule has 1 aromatic rings. The van der Waals surface area contributed by atoms with Gasteiger partial charge in [-0.3, -0.25) is 4.79 Å². The van der Waals surface area contributed by atoms with Crippen molar-refractivity contribution in [2.24, 2.45) is 5.92 Å². The molecular formula is C16H19NO. The second-order valence-corrected chi connectivity index (χ2v) is 6.18. The Morgan fingerprint density at radius 1 is 1.17 bits per heavy atom. The van der Waals surface area contributed by atoms with Crippen LogP contribution >= 0.6 is 0 Å². The number of hydrogen-bond acceptors (Lipinski definition) is 2. The maximum Gasteiger partial charge on any atom is 0.133 e. The summed E-state index contributed by atoms with van der Waals surface area (Å²) in [6.45, 7) is 1.11. The van der Waals surface area contributed by atoms with Crippen molar-refractivity contribution in [2.45, 2.75) is 43.6 Å². The number of nitrogens with one attached hydrogen (secondary N) is 1. The lowest BCUT2D eigenvalue weighted by Gasteiger charge is -2.55. The molecule has 94 valence electrons. The summed E-state index contributed by atoms with van der Waals surface area (Å²) in [5.74, 6) is 1.02. The van der Waals surface area contributed by atoms with E-state index in [1.165, 1.54) is 12.0 Å². The predicted molar refractivity (Wildman–Crippen MR) is 70.6 cm³/mol. The number of ketones is 1. The van der Waals surface area contributed by atoms with Gasteiger partial charge >= 0.3 is 0 Å². The first kappa shape index (κ1) is 10.7. The molecule has 0 amide bonds. The van der Waals surface area contributed by atoms with Crippen LogP contribution in [0.1, 0.15) is 36.8 Å². The Morgan fingerprint density at radius 3 is 3.00 bits per heavy atom. The molecule has 3 aliphatic rings. The van der Waals surface area contributed by atoms with Gasteiger partial charge in [0.2, 0.25) is 0 Å². The van der Waals surface area contributed by atoms with Crippen molar-refractivity contribution in [3.8, 4) is 0 Å². The molecular weight excluding hydrogens is 222 g/mol. The number of piperidine rings is 1. The van der Waals surface area contributed by atoms with Gasteiger partial charge in [0.1, 0.15) is 5.78 Å². The zero-order valence-electron chi connectivity index (χ0n) is 10.6. The molecule has 2 heteroatoms. The Kier molecular flexibility index (Phi) is 2.19. The van der Waals surface area contributed by atoms with Crippen LogP contribution in [0.25, 0.3) is 0 Å². The molecule has 2 bridgehead atoms. The Hall–Kier alpha value is -1.15. The number of rotatable bonds is 0. The van der Waals surface area contributed by atoms with Gasteiger partial charge < -0.3 is 5.32 Å². The second-order valence-electron chi connectivity index (χ2n) is 6.18. The second kappa shape index (κ2) is 3.67. The number of fused-ring (bicyclic) bond motifs is 1. The first-order chi connectivity index (χ1) is 8.79. The summed E-state index contributed by atoms with van der Waals surface area (Å²) < 4.78 is 0. The van der Waals surface area contributed by atoms with Crippen LogP contribution in [0.15, 0.2) is 24.3 Å². The lowest BCUT2D eigenvalue weighted by molar-refractivity contribution is -0.125. The topological polar surface area (TPSA) is 29.1 Å². The highest BCUT2D eigenvalue weighted by atomic mass is 16.1. The Labute approximate surface area is 108 Å². The third-order valence-electron chi connectivity index (χ3n) is 5.46. The molecule has 0 unspecified atom stereocenters. The van der Waals surface area contributed by atoms with Gasteiger partial charge in [-0.2, -0.15) is 0 Å². The molecule has 1 heterocycles. The van der Waals surface area contributed by atoms with E-state index >= 15 is 0 Å². The highest BCUT2D eigenvalue weighted by Crippen LogP contribution is 2.52. The molecule has 1 N–H and O–H groups in total. The first-order valence-electron chi connectivity index (χ1n) is 7.13. The Bertz CT molecular complexity index is 510. The minimum absolute atomic E-state index is 0.304. The lowest BCUT2D eigenvalue weighted by Crippen LogP contribution is -2.60. The number of carbonyl (C=O) groups is 1. The summed E-state index contributed by atoms with van der Waals surface area (Å²) in [4.78, 5) is 11.8. The van der Waals surface area contributed by atoms with E-state index in [4.69, 9.17) is 0 Å². The summed E-state index contributed by atoms with van der Waals surface area (Å²) in [6, 6.07) is 9.45. The third kappa shape index (κ3) is 1.30. The van der Waals surface area contributed by atoms with Crippen molar-refractivity contribution in [2.75, 3.05) is 6.54 Å². The zero-order chi connectivity index (χ0) is 12.2. The largest absolute Gasteiger partial charge is 0.313 e. The van der Waals surface area contributed by atoms with Gasteiger partial charge in [-0.25, -0.2) is 0 Å². The average Bonchev–Trinajstić information content (AvgIpc) is 2.39. The van der Waals surface area contributed by atoms with Crippen LogP contribution < -0.4 is 5.32 Å². The SMILES string of the molecule is O=C1CC[C@]23CCN[C@H](Cc4ccccc42)[C@@H]3C1. The van der Waals surface area contributed by atoms with Gasteiger partial charge in [0.05, 0.1) is 0 Å². The minimum atomic E-state index is 0.304. The standard InChI is InChI=1S/C16H19NO/c18-12-5-6-16-7-8-17-15(14(16)10-12)9-11-3-1-2-4-13(11)16/h1-4,14-15,17H,5-10H2/t14-,15+,16-/m0/s1. The molecule has 0 radical (unpaired) electrons. The highest BCUT2D eigenvalue weighted by molar-refractivity contribution is 5.80. The Balaban J connectivity index is 1.89. The maximum absolute atomic E-state index is 11.8. The van der Waals surface area contributed by atoms with E-state index in [1.54, 1.807) is 5.56 Å². The smallest absolute Gasteiger partial charge is 0.133 e. The molecule has 18 heavy (non-hydrogen) atoms. The van der Waals surface area contributed by atoms with Crippen LogP contribution in [0.2, 0.25) is 0 Å². The van der Waals surface area contributed by atoms with Crippen molar-refractivity contribution >= 4 is 5.78 Å². The fourth-order valence-electron chi connectivity index (χ4n) is 4.66. The lowest BCUT2D eigenvalue weighted by atomic mass is 9.52. The van der Waals surface area contributed by atoms with E-state index in [0.29, 0.717) is 23.2 Å². The van der Waals surface area contributed by atoms with Gasteiger partial charge in [0.25, 0.3) is 0 Å². The number of carbonyl (C=O) groups excluding carboxylic acids is 1. The van der Waals surface area contributed by atoms with Gasteiger partial charge in [-0.1, -0.05) is 24.3 Å². The molecule has 1 aliphatic heterocycles. The van der Waals surface area contributed by atoms with Gasteiger partial charge in [0.15, 0.2) is 0 Å². The highest BCUT2D eigenvalue weighted by Gasteiger charge is 2.52. The summed E-state index contributed by atoms with van der Waals surface area (Å²) in [7, 11) is 0. The summed E-state index contributed by atoms with van der Waals surface area (Å²) in [6.07, 6.45) is 4.98. The van der Waals surface area contributed by atoms with Gasteiger partial charge in [0, 0.05) is 24.3 Å². The number of hydrogen-bond donors (Lipinski definition) is 1. The monoisotopic (exact) mass is 241 g/mol. The van der Waals surface area contributed by atoms with Crippen molar-refractivity contribution in [3.63, 3.8) is 0 Å². The zero-order valence-corrected chi connectivity index (χ0v) is 10.6. The normalized spacial score (nSPS) is 37.9. The molecule has 4 rings (SSSR count).